The molecule has 1 atom stereocenters. The lowest BCUT2D eigenvalue weighted by Crippen LogP contribution is -2.27. The Labute approximate surface area is 128 Å². The lowest BCUT2D eigenvalue weighted by molar-refractivity contribution is 0.617. The maximum absolute atomic E-state index is 4.58. The van der Waals surface area contributed by atoms with E-state index in [0.29, 0.717) is 17.9 Å². The molecule has 0 amide bonds. The third-order valence-electron chi connectivity index (χ3n) is 3.47. The van der Waals surface area contributed by atoms with Gasteiger partial charge in [0.2, 0.25) is 17.8 Å². The Morgan fingerprint density at radius 3 is 2.14 bits per heavy atom. The summed E-state index contributed by atoms with van der Waals surface area (Å²) in [5.74, 6) is 2.05. The van der Waals surface area contributed by atoms with E-state index in [0.717, 1.165) is 44.8 Å². The Morgan fingerprint density at radius 1 is 0.952 bits per heavy atom. The molecule has 0 bridgehead atoms. The van der Waals surface area contributed by atoms with Crippen molar-refractivity contribution in [3.8, 4) is 0 Å². The molecule has 2 N–H and O–H groups in total. The second-order valence-electron chi connectivity index (χ2n) is 5.02. The first kappa shape index (κ1) is 17.5. The maximum atomic E-state index is 4.58. The first-order valence-corrected chi connectivity index (χ1v) is 8.19. The predicted molar refractivity (Wildman–Crippen MR) is 90.2 cm³/mol. The van der Waals surface area contributed by atoms with Gasteiger partial charge >= 0.3 is 0 Å². The van der Waals surface area contributed by atoms with E-state index in [1.54, 1.807) is 0 Å². The summed E-state index contributed by atoms with van der Waals surface area (Å²) in [6.07, 6.45) is 3.34. The standard InChI is InChI=1S/C15H30N6/c1-6-11-12(7-2)17-14-18-13(16-8-3)19-15(20-14)21(9-4)10-5/h12H,6-11H2,1-5H3,(H2,16,17,18,19,20). The summed E-state index contributed by atoms with van der Waals surface area (Å²) in [7, 11) is 0. The van der Waals surface area contributed by atoms with Gasteiger partial charge in [-0.1, -0.05) is 20.3 Å². The van der Waals surface area contributed by atoms with Crippen molar-refractivity contribution in [3.05, 3.63) is 0 Å². The van der Waals surface area contributed by atoms with Crippen LogP contribution >= 0.6 is 0 Å². The third-order valence-corrected chi connectivity index (χ3v) is 3.47. The molecule has 0 aromatic carbocycles. The number of aromatic nitrogens is 3. The Hall–Kier alpha value is -1.59. The summed E-state index contributed by atoms with van der Waals surface area (Å²) in [4.78, 5) is 15.7. The summed E-state index contributed by atoms with van der Waals surface area (Å²) in [6, 6.07) is 0.413. The van der Waals surface area contributed by atoms with Crippen LogP contribution in [0.5, 0.6) is 0 Å². The zero-order chi connectivity index (χ0) is 15.7. The Bertz CT molecular complexity index is 405. The van der Waals surface area contributed by atoms with Gasteiger partial charge in [-0.3, -0.25) is 0 Å². The summed E-state index contributed by atoms with van der Waals surface area (Å²) < 4.78 is 0. The van der Waals surface area contributed by atoms with Gasteiger partial charge in [0.1, 0.15) is 0 Å². The van der Waals surface area contributed by atoms with Gasteiger partial charge in [0.15, 0.2) is 0 Å². The van der Waals surface area contributed by atoms with Crippen LogP contribution in [-0.4, -0.2) is 40.6 Å². The highest BCUT2D eigenvalue weighted by Crippen LogP contribution is 2.15. The van der Waals surface area contributed by atoms with Crippen molar-refractivity contribution in [3.63, 3.8) is 0 Å². The van der Waals surface area contributed by atoms with E-state index in [1.165, 1.54) is 0 Å². The highest BCUT2D eigenvalue weighted by molar-refractivity contribution is 5.44. The van der Waals surface area contributed by atoms with Gasteiger partial charge in [-0.25, -0.2) is 0 Å². The molecular weight excluding hydrogens is 264 g/mol. The number of hydrogen-bond acceptors (Lipinski definition) is 6. The van der Waals surface area contributed by atoms with E-state index in [2.05, 4.69) is 58.2 Å². The number of anilines is 3. The minimum atomic E-state index is 0.413. The molecule has 0 fully saturated rings. The van der Waals surface area contributed by atoms with Crippen LogP contribution < -0.4 is 15.5 Å². The predicted octanol–water partition coefficient (Wildman–Crippen LogP) is 3.14. The quantitative estimate of drug-likeness (QED) is 0.691. The first-order valence-electron chi connectivity index (χ1n) is 8.19. The lowest BCUT2D eigenvalue weighted by atomic mass is 10.1. The van der Waals surface area contributed by atoms with E-state index in [9.17, 15) is 0 Å². The summed E-state index contributed by atoms with van der Waals surface area (Å²) in [6.45, 7) is 13.2. The van der Waals surface area contributed by atoms with Crippen LogP contribution in [0.4, 0.5) is 17.8 Å². The first-order chi connectivity index (χ1) is 10.2. The Balaban J connectivity index is 3.00. The van der Waals surface area contributed by atoms with E-state index in [4.69, 9.17) is 0 Å². The molecule has 1 aromatic heterocycles. The minimum Gasteiger partial charge on any atom is -0.354 e. The molecule has 21 heavy (non-hydrogen) atoms. The molecule has 0 spiro atoms. The molecule has 1 aromatic rings. The third kappa shape index (κ3) is 5.36. The molecule has 0 aliphatic carbocycles. The highest BCUT2D eigenvalue weighted by atomic mass is 15.3. The van der Waals surface area contributed by atoms with Gasteiger partial charge in [-0.2, -0.15) is 15.0 Å². The molecular formula is C15H30N6. The summed E-state index contributed by atoms with van der Waals surface area (Å²) in [5.41, 5.74) is 0. The van der Waals surface area contributed by atoms with Crippen LogP contribution in [0.1, 0.15) is 53.9 Å². The molecule has 0 saturated heterocycles. The topological polar surface area (TPSA) is 66.0 Å². The highest BCUT2D eigenvalue weighted by Gasteiger charge is 2.13. The lowest BCUT2D eigenvalue weighted by Gasteiger charge is -2.21. The molecule has 0 aliphatic rings. The van der Waals surface area contributed by atoms with Crippen molar-refractivity contribution in [1.29, 1.82) is 0 Å². The molecule has 6 nitrogen and oxygen atoms in total. The van der Waals surface area contributed by atoms with Gasteiger partial charge in [0.05, 0.1) is 0 Å². The van der Waals surface area contributed by atoms with Crippen molar-refractivity contribution >= 4 is 17.8 Å². The van der Waals surface area contributed by atoms with Crippen molar-refractivity contribution in [2.75, 3.05) is 35.2 Å². The Kier molecular flexibility index (Phi) is 7.79. The zero-order valence-electron chi connectivity index (χ0n) is 14.1. The van der Waals surface area contributed by atoms with Gasteiger partial charge in [-0.05, 0) is 33.6 Å². The fraction of sp³-hybridized carbons (Fsp3) is 0.800. The van der Waals surface area contributed by atoms with Crippen LogP contribution in [0.3, 0.4) is 0 Å². The van der Waals surface area contributed by atoms with E-state index >= 15 is 0 Å². The second-order valence-corrected chi connectivity index (χ2v) is 5.02. The number of nitrogens with zero attached hydrogens (tertiary/aromatic N) is 4. The fourth-order valence-corrected chi connectivity index (χ4v) is 2.22. The molecule has 0 radical (unpaired) electrons. The maximum Gasteiger partial charge on any atom is 0.231 e. The van der Waals surface area contributed by atoms with Crippen LogP contribution in [0.15, 0.2) is 0 Å². The molecule has 1 heterocycles. The second kappa shape index (κ2) is 9.37. The summed E-state index contributed by atoms with van der Waals surface area (Å²) >= 11 is 0. The van der Waals surface area contributed by atoms with Gasteiger partial charge in [0, 0.05) is 25.7 Å². The Morgan fingerprint density at radius 2 is 1.62 bits per heavy atom. The molecule has 0 saturated carbocycles. The normalized spacial score (nSPS) is 12.0. The fourth-order valence-electron chi connectivity index (χ4n) is 2.22. The van der Waals surface area contributed by atoms with Crippen LogP contribution in [-0.2, 0) is 0 Å². The van der Waals surface area contributed by atoms with Crippen molar-refractivity contribution in [2.45, 2.75) is 59.9 Å². The van der Waals surface area contributed by atoms with Crippen molar-refractivity contribution < 1.29 is 0 Å². The van der Waals surface area contributed by atoms with Crippen LogP contribution in [0.2, 0.25) is 0 Å². The van der Waals surface area contributed by atoms with E-state index in [-0.39, 0.29) is 0 Å². The monoisotopic (exact) mass is 294 g/mol. The molecule has 1 rings (SSSR count). The smallest absolute Gasteiger partial charge is 0.231 e. The average Bonchev–Trinajstić information content (AvgIpc) is 2.48. The number of rotatable bonds is 10. The number of hydrogen-bond donors (Lipinski definition) is 2. The SMILES string of the molecule is CCCC(CC)Nc1nc(NCC)nc(N(CC)CC)n1. The minimum absolute atomic E-state index is 0.413. The zero-order valence-corrected chi connectivity index (χ0v) is 14.1. The van der Waals surface area contributed by atoms with Gasteiger partial charge in [0.25, 0.3) is 0 Å². The largest absolute Gasteiger partial charge is 0.354 e. The summed E-state index contributed by atoms with van der Waals surface area (Å²) in [5, 5.41) is 6.63. The van der Waals surface area contributed by atoms with Gasteiger partial charge in [-0.15, -0.1) is 0 Å². The van der Waals surface area contributed by atoms with Crippen molar-refractivity contribution in [1.82, 2.24) is 15.0 Å². The van der Waals surface area contributed by atoms with Crippen LogP contribution in [0.25, 0.3) is 0 Å². The van der Waals surface area contributed by atoms with Gasteiger partial charge < -0.3 is 15.5 Å². The average molecular weight is 294 g/mol. The van der Waals surface area contributed by atoms with Crippen LogP contribution in [0, 0.1) is 0 Å². The molecule has 6 heteroatoms. The molecule has 1 unspecified atom stereocenters. The number of nitrogens with one attached hydrogen (secondary N) is 2. The van der Waals surface area contributed by atoms with Crippen molar-refractivity contribution in [2.24, 2.45) is 0 Å². The van der Waals surface area contributed by atoms with E-state index in [1.807, 2.05) is 6.92 Å². The molecule has 0 aliphatic heterocycles. The molecule has 120 valence electrons. The van der Waals surface area contributed by atoms with E-state index < -0.39 is 0 Å².